The van der Waals surface area contributed by atoms with Gasteiger partial charge in [0.15, 0.2) is 0 Å². The summed E-state index contributed by atoms with van der Waals surface area (Å²) >= 11 is 0. The van der Waals surface area contributed by atoms with Gasteiger partial charge in [-0.3, -0.25) is 9.59 Å². The van der Waals surface area contributed by atoms with Crippen LogP contribution in [0.1, 0.15) is 13.3 Å². The minimum Gasteiger partial charge on any atom is -0.475 e. The van der Waals surface area contributed by atoms with Gasteiger partial charge in [0.1, 0.15) is 5.78 Å². The first-order chi connectivity index (χ1) is 4.04. The maximum Gasteiger partial charge on any atom is 0.372 e. The fraction of sp³-hybridized carbons (Fsp3) is 0.400. The van der Waals surface area contributed by atoms with Gasteiger partial charge in [-0.2, -0.15) is 0 Å². The van der Waals surface area contributed by atoms with Gasteiger partial charge in [-0.25, -0.2) is 4.79 Å². The molecule has 0 aromatic rings. The van der Waals surface area contributed by atoms with Gasteiger partial charge in [0, 0.05) is 32.7 Å². The van der Waals surface area contributed by atoms with Crippen LogP contribution in [0.2, 0.25) is 0 Å². The molecule has 0 spiro atoms. The van der Waals surface area contributed by atoms with E-state index in [0.717, 1.165) is 0 Å². The third-order valence-corrected chi connectivity index (χ3v) is 0.648. The van der Waals surface area contributed by atoms with E-state index < -0.39 is 24.0 Å². The molecule has 10 heavy (non-hydrogen) atoms. The summed E-state index contributed by atoms with van der Waals surface area (Å²) in [6.45, 7) is 1.17. The molecule has 0 aromatic carbocycles. The molecule has 1 radical (unpaired) electrons. The molecule has 0 aliphatic carbocycles. The van der Waals surface area contributed by atoms with Gasteiger partial charge in [0.05, 0.1) is 6.42 Å². The summed E-state index contributed by atoms with van der Waals surface area (Å²) in [6, 6.07) is 0. The number of carbonyl (C=O) groups excluding carboxylic acids is 2. The van der Waals surface area contributed by atoms with Gasteiger partial charge in [-0.1, -0.05) is 0 Å². The first kappa shape index (κ1) is 12.6. The van der Waals surface area contributed by atoms with Crippen LogP contribution in [0.15, 0.2) is 0 Å². The fourth-order valence-electron chi connectivity index (χ4n) is 0.302. The Morgan fingerprint density at radius 3 is 1.80 bits per heavy atom. The molecular formula is C5H6O4Y. The second-order valence-corrected chi connectivity index (χ2v) is 1.61. The average molecular weight is 219 g/mol. The Morgan fingerprint density at radius 1 is 1.30 bits per heavy atom. The maximum atomic E-state index is 10.1. The van der Waals surface area contributed by atoms with Crippen LogP contribution in [0.25, 0.3) is 0 Å². The molecule has 0 saturated heterocycles. The molecule has 0 saturated carbocycles. The largest absolute Gasteiger partial charge is 0.475 e. The number of carbonyl (C=O) groups is 3. The second kappa shape index (κ2) is 5.68. The summed E-state index contributed by atoms with van der Waals surface area (Å²) in [4.78, 5) is 29.9. The van der Waals surface area contributed by atoms with E-state index in [1.54, 1.807) is 0 Å². The van der Waals surface area contributed by atoms with Crippen molar-refractivity contribution in [2.45, 2.75) is 13.3 Å². The minimum atomic E-state index is -1.55. The summed E-state index contributed by atoms with van der Waals surface area (Å²) in [6.07, 6.45) is -0.505. The van der Waals surface area contributed by atoms with Crippen LogP contribution in [0.3, 0.4) is 0 Å². The quantitative estimate of drug-likeness (QED) is 0.518. The van der Waals surface area contributed by atoms with Crippen molar-refractivity contribution < 1.29 is 52.2 Å². The summed E-state index contributed by atoms with van der Waals surface area (Å²) < 4.78 is 0. The van der Waals surface area contributed by atoms with Crippen molar-refractivity contribution in [3.63, 3.8) is 0 Å². The summed E-state index contributed by atoms with van der Waals surface area (Å²) in [7, 11) is 0. The van der Waals surface area contributed by atoms with Crippen molar-refractivity contribution in [2.24, 2.45) is 0 Å². The van der Waals surface area contributed by atoms with E-state index in [1.807, 2.05) is 0 Å². The smallest absolute Gasteiger partial charge is 0.372 e. The molecule has 0 bridgehead atoms. The van der Waals surface area contributed by atoms with Gasteiger partial charge >= 0.3 is 5.97 Å². The van der Waals surface area contributed by atoms with E-state index in [4.69, 9.17) is 5.11 Å². The summed E-state index contributed by atoms with van der Waals surface area (Å²) in [5.41, 5.74) is 0. The van der Waals surface area contributed by atoms with E-state index in [1.165, 1.54) is 6.92 Å². The molecule has 0 fully saturated rings. The predicted molar refractivity (Wildman–Crippen MR) is 27.9 cm³/mol. The van der Waals surface area contributed by atoms with Crippen LogP contribution in [0.4, 0.5) is 0 Å². The molecule has 0 aliphatic heterocycles. The standard InChI is InChI=1S/C5H6O4.Y/c1-3(6)2-4(7)5(8)9;/h2H2,1H3,(H,8,9);. The van der Waals surface area contributed by atoms with Gasteiger partial charge in [-0.05, 0) is 6.92 Å². The normalized spacial score (nSPS) is 7.70. The van der Waals surface area contributed by atoms with E-state index in [-0.39, 0.29) is 32.7 Å². The van der Waals surface area contributed by atoms with E-state index in [2.05, 4.69) is 0 Å². The van der Waals surface area contributed by atoms with Crippen LogP contribution >= 0.6 is 0 Å². The van der Waals surface area contributed by atoms with Crippen LogP contribution in [0.5, 0.6) is 0 Å². The van der Waals surface area contributed by atoms with Crippen LogP contribution in [-0.4, -0.2) is 22.6 Å². The molecule has 4 nitrogen and oxygen atoms in total. The minimum absolute atomic E-state index is 0. The Bertz CT molecular complexity index is 163. The molecule has 0 rings (SSSR count). The number of carboxylic acids is 1. The second-order valence-electron chi connectivity index (χ2n) is 1.61. The summed E-state index contributed by atoms with van der Waals surface area (Å²) in [5, 5.41) is 7.93. The van der Waals surface area contributed by atoms with Gasteiger partial charge in [0.25, 0.3) is 0 Å². The Balaban J connectivity index is 0. The monoisotopic (exact) mass is 219 g/mol. The number of carboxylic acid groups (broad SMARTS) is 1. The van der Waals surface area contributed by atoms with Crippen molar-refractivity contribution in [1.29, 1.82) is 0 Å². The molecule has 0 atom stereocenters. The van der Waals surface area contributed by atoms with Crippen molar-refractivity contribution in [2.75, 3.05) is 0 Å². The number of hydrogen-bond acceptors (Lipinski definition) is 3. The molecule has 0 heterocycles. The van der Waals surface area contributed by atoms with Crippen molar-refractivity contribution >= 4 is 17.5 Å². The number of ketones is 2. The Labute approximate surface area is 82.9 Å². The van der Waals surface area contributed by atoms with Crippen LogP contribution < -0.4 is 0 Å². The predicted octanol–water partition coefficient (Wildman–Crippen LogP) is -0.383. The third kappa shape index (κ3) is 6.04. The molecule has 5 heteroatoms. The molecule has 0 amide bonds. The Hall–Kier alpha value is -0.0861. The van der Waals surface area contributed by atoms with Crippen LogP contribution in [-0.2, 0) is 47.1 Å². The molecule has 1 N–H and O–H groups in total. The zero-order valence-corrected chi connectivity index (χ0v) is 8.29. The average Bonchev–Trinajstić information content (AvgIpc) is 1.63. The summed E-state index contributed by atoms with van der Waals surface area (Å²) in [5.74, 6) is -3.03. The van der Waals surface area contributed by atoms with Crippen LogP contribution in [0, 0.1) is 0 Å². The number of aliphatic carboxylic acids is 1. The van der Waals surface area contributed by atoms with Gasteiger partial charge in [0.2, 0.25) is 5.78 Å². The van der Waals surface area contributed by atoms with Gasteiger partial charge < -0.3 is 5.11 Å². The number of Topliss-reactive ketones (excluding diaryl/α,β-unsaturated/α-hetero) is 2. The fourth-order valence-corrected chi connectivity index (χ4v) is 0.302. The van der Waals surface area contributed by atoms with Crippen molar-refractivity contribution in [3.05, 3.63) is 0 Å². The van der Waals surface area contributed by atoms with E-state index >= 15 is 0 Å². The van der Waals surface area contributed by atoms with Crippen molar-refractivity contribution in [1.82, 2.24) is 0 Å². The number of rotatable bonds is 3. The van der Waals surface area contributed by atoms with E-state index in [9.17, 15) is 14.4 Å². The molecule has 53 valence electrons. The first-order valence-electron chi connectivity index (χ1n) is 2.29. The molecule has 0 unspecified atom stereocenters. The Morgan fingerprint density at radius 2 is 1.70 bits per heavy atom. The molecule has 0 aliphatic rings. The molecular weight excluding hydrogens is 213 g/mol. The van der Waals surface area contributed by atoms with Crippen molar-refractivity contribution in [3.8, 4) is 0 Å². The van der Waals surface area contributed by atoms with E-state index in [0.29, 0.717) is 0 Å². The third-order valence-electron chi connectivity index (χ3n) is 0.648. The Kier molecular flexibility index (Phi) is 7.14. The topological polar surface area (TPSA) is 71.4 Å². The SMILES string of the molecule is CC(=O)CC(=O)C(=O)O.[Y]. The zero-order valence-electron chi connectivity index (χ0n) is 5.46. The zero-order chi connectivity index (χ0) is 7.44. The number of hydrogen-bond donors (Lipinski definition) is 1. The van der Waals surface area contributed by atoms with Gasteiger partial charge in [-0.15, -0.1) is 0 Å². The first-order valence-corrected chi connectivity index (χ1v) is 2.29. The molecule has 0 aromatic heterocycles. The maximum absolute atomic E-state index is 10.1.